The average Bonchev–Trinajstić information content (AvgIpc) is 2.33. The SMILES string of the molecule is CCCNC(COC)c1cccc(C(F)(F)F)c1F. The van der Waals surface area contributed by atoms with E-state index < -0.39 is 23.6 Å². The Labute approximate surface area is 109 Å². The van der Waals surface area contributed by atoms with Crippen LogP contribution >= 0.6 is 0 Å². The molecule has 0 aliphatic heterocycles. The summed E-state index contributed by atoms with van der Waals surface area (Å²) in [5.41, 5.74) is -1.27. The van der Waals surface area contributed by atoms with Crippen LogP contribution in [0.25, 0.3) is 0 Å². The predicted octanol–water partition coefficient (Wildman–Crippen LogP) is 3.53. The normalized spacial score (nSPS) is 13.6. The van der Waals surface area contributed by atoms with Crippen LogP contribution in [0.2, 0.25) is 0 Å². The Morgan fingerprint density at radius 1 is 1.32 bits per heavy atom. The van der Waals surface area contributed by atoms with E-state index in [1.54, 1.807) is 0 Å². The molecule has 1 atom stereocenters. The summed E-state index contributed by atoms with van der Waals surface area (Å²) in [7, 11) is 1.42. The second-order valence-electron chi connectivity index (χ2n) is 4.17. The van der Waals surface area contributed by atoms with Crippen molar-refractivity contribution in [2.75, 3.05) is 20.3 Å². The van der Waals surface area contributed by atoms with Gasteiger partial charge in [-0.05, 0) is 19.0 Å². The average molecular weight is 279 g/mol. The number of hydrogen-bond acceptors (Lipinski definition) is 2. The van der Waals surface area contributed by atoms with Crippen molar-refractivity contribution in [2.45, 2.75) is 25.6 Å². The highest BCUT2D eigenvalue weighted by atomic mass is 19.4. The van der Waals surface area contributed by atoms with Crippen molar-refractivity contribution in [3.63, 3.8) is 0 Å². The monoisotopic (exact) mass is 279 g/mol. The lowest BCUT2D eigenvalue weighted by Gasteiger charge is -2.20. The van der Waals surface area contributed by atoms with Gasteiger partial charge in [0.15, 0.2) is 0 Å². The van der Waals surface area contributed by atoms with Crippen LogP contribution in [-0.4, -0.2) is 20.3 Å². The van der Waals surface area contributed by atoms with Crippen LogP contribution in [0.3, 0.4) is 0 Å². The highest BCUT2D eigenvalue weighted by Gasteiger charge is 2.35. The molecule has 1 unspecified atom stereocenters. The molecular formula is C13H17F4NO. The Bertz CT molecular complexity index is 406. The van der Waals surface area contributed by atoms with Gasteiger partial charge in [0, 0.05) is 12.7 Å². The van der Waals surface area contributed by atoms with Crippen molar-refractivity contribution in [1.29, 1.82) is 0 Å². The van der Waals surface area contributed by atoms with Gasteiger partial charge in [-0.25, -0.2) is 4.39 Å². The molecular weight excluding hydrogens is 262 g/mol. The fraction of sp³-hybridized carbons (Fsp3) is 0.538. The smallest absolute Gasteiger partial charge is 0.383 e. The van der Waals surface area contributed by atoms with E-state index in [9.17, 15) is 17.6 Å². The summed E-state index contributed by atoms with van der Waals surface area (Å²) in [5, 5.41) is 2.97. The number of benzene rings is 1. The first-order valence-corrected chi connectivity index (χ1v) is 5.99. The second kappa shape index (κ2) is 6.86. The van der Waals surface area contributed by atoms with E-state index >= 15 is 0 Å². The van der Waals surface area contributed by atoms with Crippen molar-refractivity contribution < 1.29 is 22.3 Å². The number of ether oxygens (including phenoxy) is 1. The Hall–Kier alpha value is -1.14. The number of hydrogen-bond donors (Lipinski definition) is 1. The first kappa shape index (κ1) is 15.9. The number of methoxy groups -OCH3 is 1. The van der Waals surface area contributed by atoms with Gasteiger partial charge in [-0.2, -0.15) is 13.2 Å². The van der Waals surface area contributed by atoms with Gasteiger partial charge in [-0.1, -0.05) is 19.1 Å². The second-order valence-corrected chi connectivity index (χ2v) is 4.17. The van der Waals surface area contributed by atoms with Gasteiger partial charge in [0.2, 0.25) is 0 Å². The lowest BCUT2D eigenvalue weighted by Crippen LogP contribution is -2.27. The van der Waals surface area contributed by atoms with E-state index in [0.29, 0.717) is 6.54 Å². The minimum absolute atomic E-state index is 0.0230. The van der Waals surface area contributed by atoms with Gasteiger partial charge in [-0.15, -0.1) is 0 Å². The largest absolute Gasteiger partial charge is 0.419 e. The maximum absolute atomic E-state index is 14.0. The molecule has 0 heterocycles. The molecule has 0 spiro atoms. The van der Waals surface area contributed by atoms with Gasteiger partial charge >= 0.3 is 6.18 Å². The van der Waals surface area contributed by atoms with Crippen molar-refractivity contribution in [3.8, 4) is 0 Å². The molecule has 0 aliphatic rings. The van der Waals surface area contributed by atoms with Crippen LogP contribution in [0.4, 0.5) is 17.6 Å². The van der Waals surface area contributed by atoms with E-state index in [1.165, 1.54) is 19.2 Å². The summed E-state index contributed by atoms with van der Waals surface area (Å²) < 4.78 is 56.8. The van der Waals surface area contributed by atoms with Crippen molar-refractivity contribution in [1.82, 2.24) is 5.32 Å². The molecule has 0 saturated carbocycles. The highest BCUT2D eigenvalue weighted by molar-refractivity contribution is 5.30. The van der Waals surface area contributed by atoms with Gasteiger partial charge in [0.1, 0.15) is 5.82 Å². The van der Waals surface area contributed by atoms with Crippen molar-refractivity contribution in [3.05, 3.63) is 35.1 Å². The number of alkyl halides is 3. The molecule has 6 heteroatoms. The fourth-order valence-electron chi connectivity index (χ4n) is 1.78. The van der Waals surface area contributed by atoms with Crippen molar-refractivity contribution in [2.24, 2.45) is 0 Å². The third-order valence-electron chi connectivity index (χ3n) is 2.68. The summed E-state index contributed by atoms with van der Waals surface area (Å²) in [5.74, 6) is -1.24. The molecule has 0 bridgehead atoms. The van der Waals surface area contributed by atoms with E-state index in [0.717, 1.165) is 12.5 Å². The minimum Gasteiger partial charge on any atom is -0.383 e. The van der Waals surface area contributed by atoms with Crippen LogP contribution in [0.1, 0.15) is 30.5 Å². The Balaban J connectivity index is 3.09. The third kappa shape index (κ3) is 4.18. The molecule has 0 aliphatic carbocycles. The quantitative estimate of drug-likeness (QED) is 0.804. The molecule has 0 aromatic heterocycles. The summed E-state index contributed by atoms with van der Waals surface area (Å²) in [6.45, 7) is 2.60. The number of nitrogens with one attached hydrogen (secondary N) is 1. The summed E-state index contributed by atoms with van der Waals surface area (Å²) in [4.78, 5) is 0. The molecule has 1 N–H and O–H groups in total. The Morgan fingerprint density at radius 2 is 2.00 bits per heavy atom. The molecule has 0 radical (unpaired) electrons. The first-order valence-electron chi connectivity index (χ1n) is 5.99. The highest BCUT2D eigenvalue weighted by Crippen LogP contribution is 2.33. The topological polar surface area (TPSA) is 21.3 Å². The van der Waals surface area contributed by atoms with E-state index in [2.05, 4.69) is 5.32 Å². The summed E-state index contributed by atoms with van der Waals surface area (Å²) in [6.07, 6.45) is -3.90. The predicted molar refractivity (Wildman–Crippen MR) is 64.3 cm³/mol. The molecule has 1 aromatic rings. The van der Waals surface area contributed by atoms with E-state index in [1.807, 2.05) is 6.92 Å². The third-order valence-corrected chi connectivity index (χ3v) is 2.68. The maximum Gasteiger partial charge on any atom is 0.419 e. The molecule has 0 fully saturated rings. The lowest BCUT2D eigenvalue weighted by atomic mass is 10.0. The Kier molecular flexibility index (Phi) is 5.75. The minimum atomic E-state index is -4.69. The molecule has 19 heavy (non-hydrogen) atoms. The van der Waals surface area contributed by atoms with Gasteiger partial charge in [0.05, 0.1) is 18.2 Å². The zero-order valence-corrected chi connectivity index (χ0v) is 10.9. The zero-order valence-electron chi connectivity index (χ0n) is 10.9. The first-order chi connectivity index (χ1) is 8.91. The lowest BCUT2D eigenvalue weighted by molar-refractivity contribution is -0.140. The van der Waals surface area contributed by atoms with Crippen LogP contribution < -0.4 is 5.32 Å². The van der Waals surface area contributed by atoms with Crippen LogP contribution in [0.15, 0.2) is 18.2 Å². The van der Waals surface area contributed by atoms with E-state index in [4.69, 9.17) is 4.74 Å². The van der Waals surface area contributed by atoms with Crippen LogP contribution in [0, 0.1) is 5.82 Å². The van der Waals surface area contributed by atoms with Gasteiger partial charge < -0.3 is 10.1 Å². The maximum atomic E-state index is 14.0. The van der Waals surface area contributed by atoms with Gasteiger partial charge in [-0.3, -0.25) is 0 Å². The van der Waals surface area contributed by atoms with Crippen molar-refractivity contribution >= 4 is 0 Å². The molecule has 2 nitrogen and oxygen atoms in total. The van der Waals surface area contributed by atoms with Crippen LogP contribution in [-0.2, 0) is 10.9 Å². The molecule has 0 saturated heterocycles. The molecule has 1 rings (SSSR count). The molecule has 108 valence electrons. The Morgan fingerprint density at radius 3 is 2.53 bits per heavy atom. The van der Waals surface area contributed by atoms with Gasteiger partial charge in [0.25, 0.3) is 0 Å². The van der Waals surface area contributed by atoms with Crippen LogP contribution in [0.5, 0.6) is 0 Å². The number of rotatable bonds is 6. The standard InChI is InChI=1S/C13H17F4NO/c1-3-7-18-11(8-19-2)9-5-4-6-10(12(9)14)13(15,16)17/h4-6,11,18H,3,7-8H2,1-2H3. The molecule has 1 aromatic carbocycles. The number of halogens is 4. The van der Waals surface area contributed by atoms with E-state index in [-0.39, 0.29) is 12.2 Å². The summed E-state index contributed by atoms with van der Waals surface area (Å²) >= 11 is 0. The zero-order chi connectivity index (χ0) is 14.5. The summed E-state index contributed by atoms with van der Waals surface area (Å²) in [6, 6.07) is 2.70. The fourth-order valence-corrected chi connectivity index (χ4v) is 1.78. The molecule has 0 amide bonds.